The van der Waals surface area contributed by atoms with Crippen molar-refractivity contribution in [2.24, 2.45) is 0 Å². The van der Waals surface area contributed by atoms with Gasteiger partial charge in [-0.1, -0.05) is 11.6 Å². The monoisotopic (exact) mass is 285 g/mol. The van der Waals surface area contributed by atoms with Crippen molar-refractivity contribution in [1.82, 2.24) is 4.90 Å². The van der Waals surface area contributed by atoms with Gasteiger partial charge in [-0.15, -0.1) is 0 Å². The number of anilines is 2. The van der Waals surface area contributed by atoms with Gasteiger partial charge in [0.1, 0.15) is 5.82 Å². The highest BCUT2D eigenvalue weighted by atomic mass is 35.5. The molecule has 1 aliphatic rings. The first-order valence-corrected chi connectivity index (χ1v) is 6.87. The van der Waals surface area contributed by atoms with Crippen LogP contribution in [0.4, 0.5) is 15.8 Å². The molecule has 19 heavy (non-hydrogen) atoms. The van der Waals surface area contributed by atoms with Gasteiger partial charge in [0.25, 0.3) is 0 Å². The number of likely N-dealkylation sites (N-methyl/N-ethyl adjacent to an activating group) is 2. The Morgan fingerprint density at radius 1 is 1.32 bits per heavy atom. The number of nitrogens with zero attached hydrogens (tertiary/aromatic N) is 2. The lowest BCUT2D eigenvalue weighted by molar-refractivity contribution is 0.0683. The predicted octanol–water partition coefficient (Wildman–Crippen LogP) is 2.98. The van der Waals surface area contributed by atoms with E-state index in [4.69, 9.17) is 17.3 Å². The summed E-state index contributed by atoms with van der Waals surface area (Å²) in [6, 6.07) is 2.89. The van der Waals surface area contributed by atoms with Crippen molar-refractivity contribution in [3.05, 3.63) is 23.0 Å². The lowest BCUT2D eigenvalue weighted by atomic mass is 9.75. The number of benzene rings is 1. The van der Waals surface area contributed by atoms with Crippen molar-refractivity contribution in [1.29, 1.82) is 0 Å². The summed E-state index contributed by atoms with van der Waals surface area (Å²) in [4.78, 5) is 4.34. The molecule has 0 spiro atoms. The van der Waals surface area contributed by atoms with Crippen LogP contribution in [0.5, 0.6) is 0 Å². The normalized spacial score (nSPS) is 17.4. The first kappa shape index (κ1) is 14.4. The minimum Gasteiger partial charge on any atom is -0.397 e. The molecule has 0 unspecified atom stereocenters. The summed E-state index contributed by atoms with van der Waals surface area (Å²) in [5, 5.41) is 0.114. The van der Waals surface area contributed by atoms with Gasteiger partial charge in [-0.2, -0.15) is 0 Å². The molecule has 2 rings (SSSR count). The molecule has 3 nitrogen and oxygen atoms in total. The van der Waals surface area contributed by atoms with Gasteiger partial charge in [0.05, 0.1) is 16.4 Å². The number of halogens is 2. The average Bonchev–Trinajstić information content (AvgIpc) is 2.27. The van der Waals surface area contributed by atoms with Gasteiger partial charge in [-0.3, -0.25) is 0 Å². The highest BCUT2D eigenvalue weighted by Gasteiger charge is 2.40. The van der Waals surface area contributed by atoms with Crippen LogP contribution < -0.4 is 10.6 Å². The lowest BCUT2D eigenvalue weighted by Crippen LogP contribution is -2.56. The number of nitrogens with two attached hydrogens (primary N) is 1. The van der Waals surface area contributed by atoms with Crippen LogP contribution in [0.1, 0.15) is 19.3 Å². The second kappa shape index (κ2) is 5.17. The zero-order valence-electron chi connectivity index (χ0n) is 11.7. The first-order chi connectivity index (χ1) is 8.85. The minimum atomic E-state index is -0.470. The maximum atomic E-state index is 13.3. The summed E-state index contributed by atoms with van der Waals surface area (Å²) in [5.74, 6) is -0.470. The van der Waals surface area contributed by atoms with E-state index in [2.05, 4.69) is 23.9 Å². The van der Waals surface area contributed by atoms with E-state index in [1.165, 1.54) is 25.3 Å². The van der Waals surface area contributed by atoms with Crippen LogP contribution in [0.2, 0.25) is 5.02 Å². The Morgan fingerprint density at radius 2 is 1.95 bits per heavy atom. The van der Waals surface area contributed by atoms with Crippen molar-refractivity contribution < 1.29 is 4.39 Å². The Bertz CT molecular complexity index is 472. The quantitative estimate of drug-likeness (QED) is 0.863. The fourth-order valence-corrected chi connectivity index (χ4v) is 2.90. The maximum Gasteiger partial charge on any atom is 0.143 e. The number of hydrogen-bond acceptors (Lipinski definition) is 3. The molecule has 0 saturated heterocycles. The molecule has 1 aromatic rings. The topological polar surface area (TPSA) is 32.5 Å². The van der Waals surface area contributed by atoms with Crippen LogP contribution >= 0.6 is 11.6 Å². The molecule has 1 saturated carbocycles. The Morgan fingerprint density at radius 3 is 2.42 bits per heavy atom. The van der Waals surface area contributed by atoms with E-state index in [1.807, 2.05) is 7.05 Å². The Kier molecular flexibility index (Phi) is 3.92. The van der Waals surface area contributed by atoms with Crippen LogP contribution in [0, 0.1) is 5.82 Å². The van der Waals surface area contributed by atoms with E-state index in [9.17, 15) is 4.39 Å². The smallest absolute Gasteiger partial charge is 0.143 e. The molecule has 5 heteroatoms. The zero-order valence-corrected chi connectivity index (χ0v) is 12.5. The van der Waals surface area contributed by atoms with Gasteiger partial charge in [0, 0.05) is 25.2 Å². The van der Waals surface area contributed by atoms with Gasteiger partial charge in [-0.25, -0.2) is 4.39 Å². The molecule has 0 amide bonds. The predicted molar refractivity (Wildman–Crippen MR) is 79.4 cm³/mol. The molecule has 0 bridgehead atoms. The summed E-state index contributed by atoms with van der Waals surface area (Å²) in [6.45, 7) is 0.867. The molecular formula is C14H21ClFN3. The fourth-order valence-electron chi connectivity index (χ4n) is 2.74. The highest BCUT2D eigenvalue weighted by Crippen LogP contribution is 2.38. The van der Waals surface area contributed by atoms with E-state index in [0.717, 1.165) is 12.2 Å². The molecule has 1 aliphatic carbocycles. The molecule has 0 aliphatic heterocycles. The molecule has 1 aromatic carbocycles. The van der Waals surface area contributed by atoms with Crippen molar-refractivity contribution in [3.63, 3.8) is 0 Å². The third kappa shape index (κ3) is 2.65. The second-order valence-electron chi connectivity index (χ2n) is 5.65. The van der Waals surface area contributed by atoms with E-state index in [1.54, 1.807) is 6.07 Å². The van der Waals surface area contributed by atoms with Crippen LogP contribution in [-0.2, 0) is 0 Å². The maximum absolute atomic E-state index is 13.3. The van der Waals surface area contributed by atoms with E-state index >= 15 is 0 Å². The molecular weight excluding hydrogens is 265 g/mol. The Balaban J connectivity index is 2.20. The third-order valence-corrected chi connectivity index (χ3v) is 4.53. The Hall–Kier alpha value is -1.00. The summed E-state index contributed by atoms with van der Waals surface area (Å²) in [5.41, 5.74) is 7.31. The molecule has 2 N–H and O–H groups in total. The molecule has 0 atom stereocenters. The average molecular weight is 286 g/mol. The Labute approximate surface area is 119 Å². The number of rotatable bonds is 4. The summed E-state index contributed by atoms with van der Waals surface area (Å²) in [6.07, 6.45) is 3.62. The third-order valence-electron chi connectivity index (χ3n) is 4.25. The molecule has 0 radical (unpaired) electrons. The largest absolute Gasteiger partial charge is 0.397 e. The van der Waals surface area contributed by atoms with E-state index in [-0.39, 0.29) is 10.6 Å². The SMILES string of the molecule is CN(CC1(N(C)C)CCC1)c1cc(Cl)c(F)cc1N. The summed E-state index contributed by atoms with van der Waals surface area (Å²) < 4.78 is 13.3. The van der Waals surface area contributed by atoms with Crippen LogP contribution in [-0.4, -0.2) is 38.1 Å². The molecule has 1 fully saturated rings. The van der Waals surface area contributed by atoms with Crippen molar-refractivity contribution in [2.75, 3.05) is 38.3 Å². The molecule has 0 heterocycles. The number of hydrogen-bond donors (Lipinski definition) is 1. The van der Waals surface area contributed by atoms with Crippen LogP contribution in [0.3, 0.4) is 0 Å². The lowest BCUT2D eigenvalue weighted by Gasteiger charge is -2.49. The molecule has 106 valence electrons. The van der Waals surface area contributed by atoms with E-state index in [0.29, 0.717) is 5.69 Å². The van der Waals surface area contributed by atoms with Crippen LogP contribution in [0.25, 0.3) is 0 Å². The number of nitrogen functional groups attached to an aromatic ring is 1. The van der Waals surface area contributed by atoms with Crippen molar-refractivity contribution in [3.8, 4) is 0 Å². The van der Waals surface area contributed by atoms with Gasteiger partial charge >= 0.3 is 0 Å². The van der Waals surface area contributed by atoms with Gasteiger partial charge in [0.2, 0.25) is 0 Å². The van der Waals surface area contributed by atoms with Crippen molar-refractivity contribution in [2.45, 2.75) is 24.8 Å². The zero-order chi connectivity index (χ0) is 14.2. The standard InChI is InChI=1S/C14H21ClFN3/c1-18(2)14(5-4-6-14)9-19(3)13-7-10(15)11(16)8-12(13)17/h7-8H,4-6,9,17H2,1-3H3. The second-order valence-corrected chi connectivity index (χ2v) is 6.06. The summed E-state index contributed by atoms with van der Waals surface area (Å²) in [7, 11) is 6.19. The summed E-state index contributed by atoms with van der Waals surface area (Å²) >= 11 is 5.84. The highest BCUT2D eigenvalue weighted by molar-refractivity contribution is 6.31. The van der Waals surface area contributed by atoms with Crippen molar-refractivity contribution >= 4 is 23.0 Å². The van der Waals surface area contributed by atoms with Crippen LogP contribution in [0.15, 0.2) is 12.1 Å². The van der Waals surface area contributed by atoms with E-state index < -0.39 is 5.82 Å². The first-order valence-electron chi connectivity index (χ1n) is 6.49. The van der Waals surface area contributed by atoms with Gasteiger partial charge < -0.3 is 15.5 Å². The minimum absolute atomic E-state index is 0.114. The van der Waals surface area contributed by atoms with Gasteiger partial charge in [-0.05, 0) is 39.4 Å². The van der Waals surface area contributed by atoms with Gasteiger partial charge in [0.15, 0.2) is 0 Å². The molecule has 0 aromatic heterocycles. The fraction of sp³-hybridized carbons (Fsp3) is 0.571.